The summed E-state index contributed by atoms with van der Waals surface area (Å²) < 4.78 is 10.5. The molecule has 0 spiro atoms. The molecule has 2 nitrogen and oxygen atoms in total. The van der Waals surface area contributed by atoms with Crippen molar-refractivity contribution in [3.63, 3.8) is 0 Å². The van der Waals surface area contributed by atoms with Crippen molar-refractivity contribution in [1.29, 1.82) is 0 Å². The molecule has 1 atom stereocenters. The second-order valence-corrected chi connectivity index (χ2v) is 6.83. The van der Waals surface area contributed by atoms with Crippen LogP contribution in [0.15, 0.2) is 34.9 Å². The zero-order valence-corrected chi connectivity index (χ0v) is 14.4. The summed E-state index contributed by atoms with van der Waals surface area (Å²) in [5.74, 6) is 0. The van der Waals surface area contributed by atoms with Crippen LogP contribution in [0.25, 0.3) is 0 Å². The fraction of sp³-hybridized carbons (Fsp3) is 0.647. The molecule has 1 unspecified atom stereocenters. The Hall–Kier alpha value is -0.720. The van der Waals surface area contributed by atoms with Crippen molar-refractivity contribution in [3.05, 3.63) is 34.9 Å². The van der Waals surface area contributed by atoms with Crippen LogP contribution in [0, 0.1) is 0 Å². The van der Waals surface area contributed by atoms with Crippen molar-refractivity contribution >= 4 is 8.03 Å². The van der Waals surface area contributed by atoms with Crippen LogP contribution in [0.3, 0.4) is 0 Å². The van der Waals surface area contributed by atoms with E-state index in [1.165, 1.54) is 16.7 Å². The number of hydrogen-bond donors (Lipinski definition) is 1. The lowest BCUT2D eigenvalue weighted by Crippen LogP contribution is -1.82. The highest BCUT2D eigenvalue weighted by atomic mass is 31.1. The molecule has 0 bridgehead atoms. The molecule has 0 amide bonds. The van der Waals surface area contributed by atoms with Crippen molar-refractivity contribution in [2.75, 3.05) is 6.16 Å². The first-order valence-electron chi connectivity index (χ1n) is 7.50. The van der Waals surface area contributed by atoms with Gasteiger partial charge in [-0.25, -0.2) is 0 Å². The van der Waals surface area contributed by atoms with Crippen molar-refractivity contribution in [2.45, 2.75) is 66.2 Å². The molecule has 20 heavy (non-hydrogen) atoms. The summed E-state index contributed by atoms with van der Waals surface area (Å²) in [6.07, 6.45) is 13.4. The molecule has 0 radical (unpaired) electrons. The standard InChI is InChI=1S/C17H29O2P/c1-15(2)9-7-11-17(4)13-8-12-16(3)10-5-6-14-20(18)19/h9-10,13H,5-8,11-12,14H2,1-4H3/p+1/b16-10+,17-13+. The fourth-order valence-corrected chi connectivity index (χ4v) is 2.37. The molecule has 0 aromatic carbocycles. The summed E-state index contributed by atoms with van der Waals surface area (Å²) in [5.41, 5.74) is 4.24. The Morgan fingerprint density at radius 2 is 1.40 bits per heavy atom. The number of unbranched alkanes of at least 4 members (excludes halogenated alkanes) is 1. The first-order valence-corrected chi connectivity index (χ1v) is 8.89. The van der Waals surface area contributed by atoms with Gasteiger partial charge in [0.05, 0.1) is 0 Å². The van der Waals surface area contributed by atoms with Crippen LogP contribution in [0.2, 0.25) is 0 Å². The van der Waals surface area contributed by atoms with Gasteiger partial charge in [-0.1, -0.05) is 34.9 Å². The third kappa shape index (κ3) is 13.7. The Labute approximate surface area is 125 Å². The molecule has 0 rings (SSSR count). The van der Waals surface area contributed by atoms with E-state index in [0.717, 1.165) is 38.5 Å². The Morgan fingerprint density at radius 1 is 0.900 bits per heavy atom. The third-order valence-corrected chi connectivity index (χ3v) is 3.87. The van der Waals surface area contributed by atoms with Gasteiger partial charge in [0.1, 0.15) is 0 Å². The summed E-state index contributed by atoms with van der Waals surface area (Å²) in [4.78, 5) is 8.70. The van der Waals surface area contributed by atoms with Crippen LogP contribution in [0.4, 0.5) is 0 Å². The first-order chi connectivity index (χ1) is 9.41. The highest BCUT2D eigenvalue weighted by molar-refractivity contribution is 7.37. The predicted octanol–water partition coefficient (Wildman–Crippen LogP) is 5.92. The van der Waals surface area contributed by atoms with Gasteiger partial charge in [0.2, 0.25) is 0 Å². The van der Waals surface area contributed by atoms with Gasteiger partial charge in [-0.2, -0.15) is 4.89 Å². The maximum absolute atomic E-state index is 10.5. The number of rotatable bonds is 10. The van der Waals surface area contributed by atoms with E-state index < -0.39 is 8.03 Å². The van der Waals surface area contributed by atoms with Crippen LogP contribution >= 0.6 is 8.03 Å². The highest BCUT2D eigenvalue weighted by Crippen LogP contribution is 2.16. The van der Waals surface area contributed by atoms with Gasteiger partial charge in [0.15, 0.2) is 6.16 Å². The largest absolute Gasteiger partial charge is 0.505 e. The zero-order chi connectivity index (χ0) is 15.4. The van der Waals surface area contributed by atoms with Crippen molar-refractivity contribution in [2.24, 2.45) is 0 Å². The van der Waals surface area contributed by atoms with Gasteiger partial charge >= 0.3 is 8.03 Å². The lowest BCUT2D eigenvalue weighted by Gasteiger charge is -2.01. The second-order valence-electron chi connectivity index (χ2n) is 5.68. The molecule has 0 aliphatic heterocycles. The summed E-state index contributed by atoms with van der Waals surface area (Å²) in [5, 5.41) is 0. The Balaban J connectivity index is 3.82. The van der Waals surface area contributed by atoms with E-state index in [2.05, 4.69) is 45.9 Å². The van der Waals surface area contributed by atoms with Crippen molar-refractivity contribution in [1.82, 2.24) is 0 Å². The molecular formula is C17H30O2P+. The normalized spacial score (nSPS) is 13.3. The van der Waals surface area contributed by atoms with Crippen molar-refractivity contribution < 1.29 is 9.46 Å². The molecule has 0 aromatic heterocycles. The van der Waals surface area contributed by atoms with Crippen LogP contribution in [0.1, 0.15) is 66.2 Å². The maximum atomic E-state index is 10.5. The smallest absolute Gasteiger partial charge is 0.161 e. The van der Waals surface area contributed by atoms with E-state index in [4.69, 9.17) is 4.89 Å². The van der Waals surface area contributed by atoms with Crippen LogP contribution < -0.4 is 0 Å². The van der Waals surface area contributed by atoms with E-state index in [-0.39, 0.29) is 0 Å². The minimum Gasteiger partial charge on any atom is -0.161 e. The predicted molar refractivity (Wildman–Crippen MR) is 89.3 cm³/mol. The first kappa shape index (κ1) is 19.3. The van der Waals surface area contributed by atoms with Crippen LogP contribution in [-0.2, 0) is 4.57 Å². The second kappa shape index (κ2) is 12.1. The van der Waals surface area contributed by atoms with Gasteiger partial charge in [-0.05, 0) is 70.8 Å². The van der Waals surface area contributed by atoms with E-state index in [9.17, 15) is 4.57 Å². The summed E-state index contributed by atoms with van der Waals surface area (Å²) in [6, 6.07) is 0. The Bertz CT molecular complexity index is 374. The maximum Gasteiger partial charge on any atom is 0.505 e. The molecule has 0 fully saturated rings. The third-order valence-electron chi connectivity index (χ3n) is 3.17. The molecule has 0 saturated carbocycles. The quantitative estimate of drug-likeness (QED) is 0.309. The molecular weight excluding hydrogens is 267 g/mol. The van der Waals surface area contributed by atoms with E-state index in [1.54, 1.807) is 0 Å². The number of allylic oxidation sites excluding steroid dienone is 6. The minimum atomic E-state index is -1.96. The van der Waals surface area contributed by atoms with Crippen LogP contribution in [-0.4, -0.2) is 11.1 Å². The van der Waals surface area contributed by atoms with Crippen LogP contribution in [0.5, 0.6) is 0 Å². The molecule has 0 heterocycles. The summed E-state index contributed by atoms with van der Waals surface area (Å²) in [7, 11) is -1.96. The summed E-state index contributed by atoms with van der Waals surface area (Å²) in [6.45, 7) is 8.63. The molecule has 0 aliphatic rings. The fourth-order valence-electron chi connectivity index (χ4n) is 1.91. The molecule has 0 saturated heterocycles. The molecule has 0 aromatic rings. The van der Waals surface area contributed by atoms with Gasteiger partial charge in [0.25, 0.3) is 0 Å². The lowest BCUT2D eigenvalue weighted by atomic mass is 10.1. The van der Waals surface area contributed by atoms with Gasteiger partial charge < -0.3 is 0 Å². The molecule has 3 heteroatoms. The van der Waals surface area contributed by atoms with E-state index in [0.29, 0.717) is 6.16 Å². The molecule has 114 valence electrons. The van der Waals surface area contributed by atoms with Gasteiger partial charge in [0, 0.05) is 0 Å². The molecule has 1 N–H and O–H groups in total. The summed E-state index contributed by atoms with van der Waals surface area (Å²) >= 11 is 0. The Morgan fingerprint density at radius 3 is 1.90 bits per heavy atom. The molecule has 0 aliphatic carbocycles. The Kier molecular flexibility index (Phi) is 11.6. The lowest BCUT2D eigenvalue weighted by molar-refractivity contribution is 0.501. The van der Waals surface area contributed by atoms with Gasteiger partial charge in [-0.15, -0.1) is 0 Å². The van der Waals surface area contributed by atoms with Crippen molar-refractivity contribution in [3.8, 4) is 0 Å². The average molecular weight is 297 g/mol. The van der Waals surface area contributed by atoms with Gasteiger partial charge in [-0.3, -0.25) is 0 Å². The minimum absolute atomic E-state index is 0.419. The highest BCUT2D eigenvalue weighted by Gasteiger charge is 2.06. The zero-order valence-electron chi connectivity index (χ0n) is 13.5. The van der Waals surface area contributed by atoms with E-state index in [1.807, 2.05) is 0 Å². The van der Waals surface area contributed by atoms with E-state index >= 15 is 0 Å². The number of hydrogen-bond acceptors (Lipinski definition) is 1. The average Bonchev–Trinajstić information content (AvgIpc) is 2.34. The topological polar surface area (TPSA) is 37.3 Å². The monoisotopic (exact) mass is 297 g/mol. The SMILES string of the molecule is CC(C)=CCC/C(C)=C/CC/C(C)=C/CCC[P+](=O)O.